The Morgan fingerprint density at radius 2 is 1.54 bits per heavy atom. The number of hydrogen-bond donors (Lipinski definition) is 1. The Morgan fingerprint density at radius 1 is 0.946 bits per heavy atom. The molecule has 0 radical (unpaired) electrons. The molecule has 2 aliphatic heterocycles. The van der Waals surface area contributed by atoms with Crippen molar-refractivity contribution >= 4 is 35.1 Å². The number of carboxylic acids is 1. The molecule has 2 heterocycles. The smallest absolute Gasteiger partial charge is 0.311 e. The van der Waals surface area contributed by atoms with Crippen LogP contribution in [-0.2, 0) is 14.3 Å². The molecule has 8 heteroatoms. The van der Waals surface area contributed by atoms with Crippen LogP contribution in [0.15, 0.2) is 48.5 Å². The average molecular weight is 548 g/mol. The first-order valence-corrected chi connectivity index (χ1v) is 13.7. The van der Waals surface area contributed by atoms with Crippen molar-refractivity contribution in [3.63, 3.8) is 0 Å². The Morgan fingerprint density at radius 3 is 2.16 bits per heavy atom. The molecule has 0 spiro atoms. The molecular weight excluding hydrogens is 511 g/mol. The Hall–Kier alpha value is -2.12. The fourth-order valence-electron chi connectivity index (χ4n) is 6.18. The lowest BCUT2D eigenvalue weighted by molar-refractivity contribution is -0.155. The van der Waals surface area contributed by atoms with Gasteiger partial charge in [0.2, 0.25) is 0 Å². The third-order valence-electron chi connectivity index (χ3n) is 8.15. The highest BCUT2D eigenvalue weighted by Crippen LogP contribution is 2.46. The predicted molar refractivity (Wildman–Crippen MR) is 146 cm³/mol. The lowest BCUT2D eigenvalue weighted by Crippen LogP contribution is -2.51. The number of ether oxygens (including phenoxy) is 1. The number of rotatable bonds is 8. The molecule has 0 unspecified atom stereocenters. The van der Waals surface area contributed by atoms with Gasteiger partial charge in [-0.1, -0.05) is 47.5 Å². The van der Waals surface area contributed by atoms with E-state index in [-0.39, 0.29) is 30.3 Å². The molecule has 4 rings (SSSR count). The van der Waals surface area contributed by atoms with E-state index in [0.29, 0.717) is 36.0 Å². The van der Waals surface area contributed by atoms with Crippen molar-refractivity contribution in [1.29, 1.82) is 0 Å². The van der Waals surface area contributed by atoms with Crippen molar-refractivity contribution in [2.45, 2.75) is 37.5 Å². The van der Waals surface area contributed by atoms with E-state index in [0.717, 1.165) is 37.1 Å². The molecule has 2 saturated heterocycles. The van der Waals surface area contributed by atoms with E-state index in [2.05, 4.69) is 9.80 Å². The number of halogens is 2. The van der Waals surface area contributed by atoms with Crippen LogP contribution >= 0.6 is 23.2 Å². The van der Waals surface area contributed by atoms with Gasteiger partial charge < -0.3 is 19.6 Å². The van der Waals surface area contributed by atoms with Gasteiger partial charge in [-0.3, -0.25) is 9.59 Å². The first-order valence-electron chi connectivity index (χ1n) is 13.0. The number of esters is 1. The highest BCUT2D eigenvalue weighted by Gasteiger charge is 2.49. The fraction of sp³-hybridized carbons (Fsp3) is 0.517. The van der Waals surface area contributed by atoms with Crippen LogP contribution in [-0.4, -0.2) is 73.7 Å². The maximum atomic E-state index is 13.2. The second-order valence-corrected chi connectivity index (χ2v) is 11.6. The van der Waals surface area contributed by atoms with E-state index in [1.165, 1.54) is 0 Å². The molecule has 6 nitrogen and oxygen atoms in total. The number of aliphatic carboxylic acids is 1. The summed E-state index contributed by atoms with van der Waals surface area (Å²) in [4.78, 5) is 30.2. The Bertz CT molecular complexity index is 1080. The van der Waals surface area contributed by atoms with Gasteiger partial charge in [-0.15, -0.1) is 0 Å². The van der Waals surface area contributed by atoms with Crippen molar-refractivity contribution in [3.8, 4) is 0 Å². The molecule has 37 heavy (non-hydrogen) atoms. The summed E-state index contributed by atoms with van der Waals surface area (Å²) in [7, 11) is 3.98. The van der Waals surface area contributed by atoms with Gasteiger partial charge in [0.05, 0.1) is 17.9 Å². The summed E-state index contributed by atoms with van der Waals surface area (Å²) in [6, 6.07) is 15.2. The summed E-state index contributed by atoms with van der Waals surface area (Å²) in [6.07, 6.45) is 2.54. The van der Waals surface area contributed by atoms with Crippen LogP contribution < -0.4 is 0 Å². The molecule has 2 aliphatic rings. The number of likely N-dealkylation sites (tertiary alicyclic amines) is 2. The molecule has 4 atom stereocenters. The van der Waals surface area contributed by atoms with Gasteiger partial charge in [0.15, 0.2) is 0 Å². The molecule has 0 aromatic heterocycles. The third kappa shape index (κ3) is 6.48. The first kappa shape index (κ1) is 27.9. The fourth-order valence-corrected chi connectivity index (χ4v) is 6.44. The number of nitrogens with zero attached hydrogens (tertiary/aromatic N) is 2. The van der Waals surface area contributed by atoms with Crippen molar-refractivity contribution in [3.05, 3.63) is 69.7 Å². The van der Waals surface area contributed by atoms with E-state index in [1.54, 1.807) is 0 Å². The van der Waals surface area contributed by atoms with Crippen LogP contribution in [0.4, 0.5) is 0 Å². The van der Waals surface area contributed by atoms with Crippen molar-refractivity contribution < 1.29 is 19.4 Å². The van der Waals surface area contributed by atoms with Crippen LogP contribution in [0.2, 0.25) is 10.0 Å². The van der Waals surface area contributed by atoms with Gasteiger partial charge in [0.25, 0.3) is 0 Å². The normalized spacial score (nSPS) is 27.1. The SMILES string of the molecule is CN1CC[C@@H](c2ccc(Cl)cc2)[C@H](C(=O)OCCC[C@]2(C(=O)O)CN(C)CC[C@@H]2c2ccc(Cl)cc2)C1. The topological polar surface area (TPSA) is 70.1 Å². The maximum Gasteiger partial charge on any atom is 0.311 e. The minimum Gasteiger partial charge on any atom is -0.481 e. The minimum absolute atomic E-state index is 0.0765. The first-order chi connectivity index (χ1) is 17.7. The molecular formula is C29H36Cl2N2O4. The van der Waals surface area contributed by atoms with Gasteiger partial charge in [-0.25, -0.2) is 0 Å². The standard InChI is InChI=1S/C29H36Cl2N2O4/c1-32-15-12-24(20-4-8-22(30)9-5-20)25(18-32)27(34)37-17-3-14-29(28(35)36)19-33(2)16-13-26(29)21-6-10-23(31)11-7-21/h4-11,24-26H,3,12-19H2,1-2H3,(H,35,36)/t24-,25+,26+,29-/m0/s1. The molecule has 200 valence electrons. The summed E-state index contributed by atoms with van der Waals surface area (Å²) in [6.45, 7) is 3.04. The molecule has 1 N–H and O–H groups in total. The minimum atomic E-state index is -0.954. The van der Waals surface area contributed by atoms with Gasteiger partial charge in [0, 0.05) is 29.1 Å². The molecule has 0 bridgehead atoms. The highest BCUT2D eigenvalue weighted by atomic mass is 35.5. The van der Waals surface area contributed by atoms with Gasteiger partial charge in [-0.2, -0.15) is 0 Å². The van der Waals surface area contributed by atoms with Crippen LogP contribution in [0.5, 0.6) is 0 Å². The zero-order valence-corrected chi connectivity index (χ0v) is 23.0. The highest BCUT2D eigenvalue weighted by molar-refractivity contribution is 6.30. The summed E-state index contributed by atoms with van der Waals surface area (Å²) in [5, 5.41) is 11.7. The second-order valence-electron chi connectivity index (χ2n) is 10.7. The van der Waals surface area contributed by atoms with Crippen LogP contribution in [0, 0.1) is 11.3 Å². The molecule has 0 aliphatic carbocycles. The lowest BCUT2D eigenvalue weighted by Gasteiger charge is -2.45. The molecule has 0 amide bonds. The number of carbonyl (C=O) groups excluding carboxylic acids is 1. The number of benzene rings is 2. The van der Waals surface area contributed by atoms with Crippen LogP contribution in [0.1, 0.15) is 48.6 Å². The van der Waals surface area contributed by atoms with E-state index >= 15 is 0 Å². The van der Waals surface area contributed by atoms with Gasteiger partial charge in [-0.05, 0) is 94.2 Å². The van der Waals surface area contributed by atoms with Gasteiger partial charge >= 0.3 is 11.9 Å². The van der Waals surface area contributed by atoms with Crippen molar-refractivity contribution in [2.75, 3.05) is 46.9 Å². The van der Waals surface area contributed by atoms with Crippen molar-refractivity contribution in [1.82, 2.24) is 9.80 Å². The van der Waals surface area contributed by atoms with Crippen molar-refractivity contribution in [2.24, 2.45) is 11.3 Å². The van der Waals surface area contributed by atoms with E-state index in [1.807, 2.05) is 62.6 Å². The quantitative estimate of drug-likeness (QED) is 0.346. The molecule has 2 fully saturated rings. The van der Waals surface area contributed by atoms with Gasteiger partial charge in [0.1, 0.15) is 0 Å². The maximum absolute atomic E-state index is 13.2. The molecule has 2 aromatic carbocycles. The van der Waals surface area contributed by atoms with E-state index in [9.17, 15) is 14.7 Å². The zero-order valence-electron chi connectivity index (χ0n) is 21.5. The van der Waals surface area contributed by atoms with E-state index in [4.69, 9.17) is 27.9 Å². The molecule has 2 aromatic rings. The summed E-state index contributed by atoms with van der Waals surface area (Å²) < 4.78 is 5.79. The second kappa shape index (κ2) is 12.2. The monoisotopic (exact) mass is 546 g/mol. The summed E-state index contributed by atoms with van der Waals surface area (Å²) in [5.41, 5.74) is 1.14. The zero-order chi connectivity index (χ0) is 26.6. The van der Waals surface area contributed by atoms with E-state index < -0.39 is 11.4 Å². The number of piperidine rings is 2. The summed E-state index contributed by atoms with van der Waals surface area (Å²) >= 11 is 12.2. The third-order valence-corrected chi connectivity index (χ3v) is 8.65. The number of hydrogen-bond acceptors (Lipinski definition) is 5. The Kier molecular flexibility index (Phi) is 9.17. The largest absolute Gasteiger partial charge is 0.481 e. The van der Waals surface area contributed by atoms with Crippen LogP contribution in [0.3, 0.4) is 0 Å². The number of carboxylic acid groups (broad SMARTS) is 1. The number of carbonyl (C=O) groups is 2. The van der Waals surface area contributed by atoms with Crippen LogP contribution in [0.25, 0.3) is 0 Å². The predicted octanol–water partition coefficient (Wildman–Crippen LogP) is 5.54. The summed E-state index contributed by atoms with van der Waals surface area (Å²) in [5.74, 6) is -1.34. The molecule has 0 saturated carbocycles. The average Bonchev–Trinajstić information content (AvgIpc) is 2.87. The lowest BCUT2D eigenvalue weighted by atomic mass is 9.65. The Balaban J connectivity index is 1.43. The Labute approximate surface area is 229 Å².